The summed E-state index contributed by atoms with van der Waals surface area (Å²) in [7, 11) is 0. The van der Waals surface area contributed by atoms with Crippen molar-refractivity contribution in [1.29, 1.82) is 0 Å². The number of halogens is 3. The molecule has 10 heteroatoms. The molecule has 6 rings (SSSR count). The quantitative estimate of drug-likeness (QED) is 0.441. The number of nitrogens with two attached hydrogens (primary N) is 1. The molecule has 2 saturated heterocycles. The Hall–Kier alpha value is -2.62. The first-order valence-electron chi connectivity index (χ1n) is 10.4. The Balaban J connectivity index is 1.58. The molecule has 2 aliphatic heterocycles. The highest BCUT2D eigenvalue weighted by molar-refractivity contribution is 7.22. The van der Waals surface area contributed by atoms with Crippen LogP contribution in [0.15, 0.2) is 18.2 Å². The lowest BCUT2D eigenvalue weighted by Crippen LogP contribution is -2.51. The number of fused-ring (bicyclic) bond motifs is 4. The summed E-state index contributed by atoms with van der Waals surface area (Å²) in [5.74, 6) is 0.147. The number of nitrogens with one attached hydrogen (secondary N) is 1. The fraction of sp³-hybridized carbons (Fsp3) is 0.318. The lowest BCUT2D eigenvalue weighted by molar-refractivity contribution is 0.464. The second-order valence-electron chi connectivity index (χ2n) is 8.41. The molecule has 2 unspecified atom stereocenters. The van der Waals surface area contributed by atoms with E-state index in [1.54, 1.807) is 13.0 Å². The highest BCUT2D eigenvalue weighted by Gasteiger charge is 2.34. The van der Waals surface area contributed by atoms with Gasteiger partial charge in [-0.25, -0.2) is 23.7 Å². The van der Waals surface area contributed by atoms with Gasteiger partial charge in [0, 0.05) is 41.7 Å². The maximum atomic E-state index is 16.0. The zero-order valence-electron chi connectivity index (χ0n) is 17.1. The molecule has 0 radical (unpaired) electrons. The molecular weight excluding hydrogens is 454 g/mol. The highest BCUT2D eigenvalue weighted by Crippen LogP contribution is 2.42. The van der Waals surface area contributed by atoms with Crippen molar-refractivity contribution in [3.05, 3.63) is 40.7 Å². The topological polar surface area (TPSA) is 80.0 Å². The molecule has 6 nitrogen and oxygen atoms in total. The Labute approximate surface area is 191 Å². The predicted molar refractivity (Wildman–Crippen MR) is 124 cm³/mol. The van der Waals surface area contributed by atoms with Crippen LogP contribution in [-0.4, -0.2) is 40.1 Å². The van der Waals surface area contributed by atoms with Gasteiger partial charge >= 0.3 is 0 Å². The van der Waals surface area contributed by atoms with Crippen LogP contribution in [0.5, 0.6) is 0 Å². The lowest BCUT2D eigenvalue weighted by Gasteiger charge is -2.34. The second kappa shape index (κ2) is 7.19. The molecule has 32 heavy (non-hydrogen) atoms. The van der Waals surface area contributed by atoms with E-state index >= 15 is 4.39 Å². The summed E-state index contributed by atoms with van der Waals surface area (Å²) < 4.78 is 30.5. The van der Waals surface area contributed by atoms with E-state index in [1.807, 2.05) is 0 Å². The second-order valence-corrected chi connectivity index (χ2v) is 9.84. The van der Waals surface area contributed by atoms with Gasteiger partial charge in [0.2, 0.25) is 0 Å². The zero-order valence-corrected chi connectivity index (χ0v) is 18.7. The molecule has 0 amide bonds. The summed E-state index contributed by atoms with van der Waals surface area (Å²) >= 11 is 7.66. The Morgan fingerprint density at radius 3 is 2.62 bits per heavy atom. The Kier molecular flexibility index (Phi) is 4.50. The molecule has 164 valence electrons. The smallest absolute Gasteiger partial charge is 0.181 e. The number of aryl methyl sites for hydroxylation is 1. The van der Waals surface area contributed by atoms with E-state index < -0.39 is 11.6 Å². The maximum Gasteiger partial charge on any atom is 0.181 e. The first-order valence-corrected chi connectivity index (χ1v) is 11.6. The molecule has 2 atom stereocenters. The summed E-state index contributed by atoms with van der Waals surface area (Å²) in [5.41, 5.74) is 6.81. The largest absolute Gasteiger partial charge is 0.375 e. The summed E-state index contributed by atoms with van der Waals surface area (Å²) in [4.78, 5) is 15.5. The number of thiazole rings is 1. The third-order valence-electron chi connectivity index (χ3n) is 6.27. The molecule has 0 saturated carbocycles. The molecule has 0 aliphatic carbocycles. The number of anilines is 2. The molecule has 0 spiro atoms. The predicted octanol–water partition coefficient (Wildman–Crippen LogP) is 4.67. The molecule has 2 aliphatic rings. The SMILES string of the molecule is Cc1nc(N2CC3CCC(C2)N3)c2cc(Cl)c(-c3ccc(F)c4sc(N)nc34)c(F)c2n1. The number of hydrogen-bond acceptors (Lipinski definition) is 7. The third kappa shape index (κ3) is 3.02. The minimum Gasteiger partial charge on any atom is -0.375 e. The monoisotopic (exact) mass is 472 g/mol. The van der Waals surface area contributed by atoms with Crippen LogP contribution in [0.4, 0.5) is 19.7 Å². The molecule has 4 aromatic rings. The number of aromatic nitrogens is 3. The van der Waals surface area contributed by atoms with Gasteiger partial charge in [-0.3, -0.25) is 0 Å². The van der Waals surface area contributed by atoms with Gasteiger partial charge in [-0.1, -0.05) is 22.9 Å². The number of piperazine rings is 1. The van der Waals surface area contributed by atoms with Crippen molar-refractivity contribution in [3.63, 3.8) is 0 Å². The zero-order chi connectivity index (χ0) is 22.1. The van der Waals surface area contributed by atoms with E-state index in [4.69, 9.17) is 17.3 Å². The molecule has 2 bridgehead atoms. The minimum absolute atomic E-state index is 0.138. The van der Waals surface area contributed by atoms with Gasteiger partial charge in [-0.05, 0) is 38.0 Å². The standard InChI is InChI=1S/C22H19ClF2N6S/c1-9-27-18-13(21(28-9)31-7-10-2-3-11(8-31)29-10)6-14(23)16(17(18)25)12-4-5-15(24)20-19(12)30-22(26)32-20/h4-6,10-11,29H,2-3,7-8H2,1H3,(H2,26,30). The Bertz CT molecular complexity index is 1390. The van der Waals surface area contributed by atoms with Crippen molar-refractivity contribution < 1.29 is 8.78 Å². The first kappa shape index (κ1) is 20.0. The summed E-state index contributed by atoms with van der Waals surface area (Å²) in [5, 5.41) is 4.57. The number of benzene rings is 2. The van der Waals surface area contributed by atoms with Gasteiger partial charge in [-0.15, -0.1) is 0 Å². The minimum atomic E-state index is -0.572. The molecule has 2 aromatic heterocycles. The van der Waals surface area contributed by atoms with Crippen LogP contribution < -0.4 is 16.0 Å². The number of nitrogens with zero attached hydrogens (tertiary/aromatic N) is 4. The van der Waals surface area contributed by atoms with Crippen molar-refractivity contribution in [2.75, 3.05) is 23.7 Å². The Morgan fingerprint density at radius 1 is 1.12 bits per heavy atom. The molecule has 4 heterocycles. The van der Waals surface area contributed by atoms with Crippen molar-refractivity contribution in [3.8, 4) is 11.1 Å². The fourth-order valence-electron chi connectivity index (χ4n) is 4.94. The molecule has 3 N–H and O–H groups in total. The molecule has 2 fully saturated rings. The number of hydrogen-bond donors (Lipinski definition) is 2. The number of rotatable bonds is 2. The number of nitrogen functional groups attached to an aromatic ring is 1. The first-order chi connectivity index (χ1) is 15.4. The van der Waals surface area contributed by atoms with Crippen molar-refractivity contribution in [2.45, 2.75) is 31.8 Å². The summed E-state index contributed by atoms with van der Waals surface area (Å²) in [6, 6.07) is 5.28. The normalized spacial score (nSPS) is 20.6. The summed E-state index contributed by atoms with van der Waals surface area (Å²) in [6.45, 7) is 3.37. The van der Waals surface area contributed by atoms with Crippen molar-refractivity contribution in [2.24, 2.45) is 0 Å². The average Bonchev–Trinajstić information content (AvgIpc) is 3.31. The van der Waals surface area contributed by atoms with E-state index in [2.05, 4.69) is 25.2 Å². The van der Waals surface area contributed by atoms with Gasteiger partial charge in [0.1, 0.15) is 23.0 Å². The van der Waals surface area contributed by atoms with Crippen molar-refractivity contribution in [1.82, 2.24) is 20.3 Å². The molecule has 2 aromatic carbocycles. The van der Waals surface area contributed by atoms with Crippen LogP contribution >= 0.6 is 22.9 Å². The third-order valence-corrected chi connectivity index (χ3v) is 7.46. The lowest BCUT2D eigenvalue weighted by atomic mass is 10.0. The maximum absolute atomic E-state index is 16.0. The van der Waals surface area contributed by atoms with Gasteiger partial charge in [0.25, 0.3) is 0 Å². The molecular formula is C22H19ClF2N6S. The van der Waals surface area contributed by atoms with E-state index in [0.717, 1.165) is 37.3 Å². The summed E-state index contributed by atoms with van der Waals surface area (Å²) in [6.07, 6.45) is 2.25. The van der Waals surface area contributed by atoms with Crippen LogP contribution in [0.1, 0.15) is 18.7 Å². The van der Waals surface area contributed by atoms with Crippen LogP contribution in [0, 0.1) is 18.6 Å². The Morgan fingerprint density at radius 2 is 1.88 bits per heavy atom. The van der Waals surface area contributed by atoms with Gasteiger partial charge in [0.15, 0.2) is 10.9 Å². The van der Waals surface area contributed by atoms with E-state index in [1.165, 1.54) is 12.1 Å². The van der Waals surface area contributed by atoms with Gasteiger partial charge in [0.05, 0.1) is 15.2 Å². The fourth-order valence-corrected chi connectivity index (χ4v) is 6.00. The average molecular weight is 473 g/mol. The van der Waals surface area contributed by atoms with E-state index in [9.17, 15) is 4.39 Å². The highest BCUT2D eigenvalue weighted by atomic mass is 35.5. The van der Waals surface area contributed by atoms with Crippen LogP contribution in [0.2, 0.25) is 5.02 Å². The van der Waals surface area contributed by atoms with Crippen LogP contribution in [-0.2, 0) is 0 Å². The van der Waals surface area contributed by atoms with Crippen molar-refractivity contribution >= 4 is 55.0 Å². The van der Waals surface area contributed by atoms with Crippen LogP contribution in [0.3, 0.4) is 0 Å². The van der Waals surface area contributed by atoms with E-state index in [-0.39, 0.29) is 31.5 Å². The van der Waals surface area contributed by atoms with Gasteiger partial charge in [-0.2, -0.15) is 0 Å². The van der Waals surface area contributed by atoms with Crippen LogP contribution in [0.25, 0.3) is 32.2 Å². The van der Waals surface area contributed by atoms with Gasteiger partial charge < -0.3 is 16.0 Å². The van der Waals surface area contributed by atoms with E-state index in [0.29, 0.717) is 34.7 Å².